The Labute approximate surface area is 88.4 Å². The van der Waals surface area contributed by atoms with Crippen LogP contribution in [0.15, 0.2) is 5.10 Å². The summed E-state index contributed by atoms with van der Waals surface area (Å²) >= 11 is 0. The van der Waals surface area contributed by atoms with Gasteiger partial charge in [0, 0.05) is 18.3 Å². The third-order valence-corrected chi connectivity index (χ3v) is 3.06. The van der Waals surface area contributed by atoms with Crippen molar-refractivity contribution in [2.24, 2.45) is 5.10 Å². The molecule has 0 amide bonds. The van der Waals surface area contributed by atoms with Crippen molar-refractivity contribution >= 4 is 6.21 Å². The molecule has 2 nitrogen and oxygen atoms in total. The standard InChI is InChI=1S/C12H24N2/c1-4-5-6-7-10-13-14-11(2)8-9-12(14)3/h10-12H,4-9H2,1-3H3/b13-10+/t11-,12-/m1/s1. The average molecular weight is 196 g/mol. The first-order valence-electron chi connectivity index (χ1n) is 6.06. The van der Waals surface area contributed by atoms with E-state index in [1.807, 2.05) is 0 Å². The van der Waals surface area contributed by atoms with E-state index in [-0.39, 0.29) is 0 Å². The highest BCUT2D eigenvalue weighted by Gasteiger charge is 2.25. The number of hydrazone groups is 1. The van der Waals surface area contributed by atoms with E-state index in [9.17, 15) is 0 Å². The summed E-state index contributed by atoms with van der Waals surface area (Å²) in [5.41, 5.74) is 0. The normalized spacial score (nSPS) is 27.8. The van der Waals surface area contributed by atoms with E-state index in [2.05, 4.69) is 37.1 Å². The second-order valence-electron chi connectivity index (χ2n) is 4.45. The maximum Gasteiger partial charge on any atom is 0.0446 e. The molecule has 0 N–H and O–H groups in total. The van der Waals surface area contributed by atoms with Crippen LogP contribution in [0.25, 0.3) is 0 Å². The maximum atomic E-state index is 4.57. The summed E-state index contributed by atoms with van der Waals surface area (Å²) in [7, 11) is 0. The lowest BCUT2D eigenvalue weighted by Gasteiger charge is -2.22. The lowest BCUT2D eigenvalue weighted by Crippen LogP contribution is -2.27. The van der Waals surface area contributed by atoms with Crippen LogP contribution in [-0.4, -0.2) is 23.3 Å². The predicted molar refractivity (Wildman–Crippen MR) is 62.6 cm³/mol. The van der Waals surface area contributed by atoms with Crippen molar-refractivity contribution in [3.05, 3.63) is 0 Å². The van der Waals surface area contributed by atoms with Gasteiger partial charge >= 0.3 is 0 Å². The Morgan fingerprint density at radius 3 is 2.43 bits per heavy atom. The Morgan fingerprint density at radius 2 is 1.86 bits per heavy atom. The van der Waals surface area contributed by atoms with Crippen LogP contribution in [0.1, 0.15) is 59.3 Å². The van der Waals surface area contributed by atoms with Crippen LogP contribution in [0.3, 0.4) is 0 Å². The highest BCUT2D eigenvalue weighted by Crippen LogP contribution is 2.23. The van der Waals surface area contributed by atoms with Gasteiger partial charge in [0.25, 0.3) is 0 Å². The zero-order valence-corrected chi connectivity index (χ0v) is 9.87. The molecule has 14 heavy (non-hydrogen) atoms. The molecule has 1 fully saturated rings. The molecule has 2 heteroatoms. The first kappa shape index (κ1) is 11.5. The highest BCUT2D eigenvalue weighted by atomic mass is 15.5. The summed E-state index contributed by atoms with van der Waals surface area (Å²) in [6.07, 6.45) is 9.76. The molecule has 1 aliphatic rings. The summed E-state index contributed by atoms with van der Waals surface area (Å²) < 4.78 is 0. The van der Waals surface area contributed by atoms with Gasteiger partial charge in [-0.15, -0.1) is 0 Å². The molecule has 0 aliphatic carbocycles. The van der Waals surface area contributed by atoms with Gasteiger partial charge < -0.3 is 0 Å². The molecule has 0 bridgehead atoms. The first-order valence-corrected chi connectivity index (χ1v) is 6.06. The van der Waals surface area contributed by atoms with Crippen molar-refractivity contribution in [2.45, 2.75) is 71.4 Å². The van der Waals surface area contributed by atoms with Gasteiger partial charge in [-0.1, -0.05) is 19.8 Å². The monoisotopic (exact) mass is 196 g/mol. The third kappa shape index (κ3) is 3.32. The number of hydrogen-bond acceptors (Lipinski definition) is 2. The molecule has 0 radical (unpaired) electrons. The van der Waals surface area contributed by atoms with Gasteiger partial charge in [-0.3, -0.25) is 5.01 Å². The molecule has 0 spiro atoms. The largest absolute Gasteiger partial charge is 0.292 e. The molecular formula is C12H24N2. The zero-order valence-electron chi connectivity index (χ0n) is 9.87. The Balaban J connectivity index is 2.21. The second-order valence-corrected chi connectivity index (χ2v) is 4.45. The first-order chi connectivity index (χ1) is 6.75. The lowest BCUT2D eigenvalue weighted by molar-refractivity contribution is 0.226. The fourth-order valence-electron chi connectivity index (χ4n) is 2.05. The maximum absolute atomic E-state index is 4.57. The van der Waals surface area contributed by atoms with E-state index in [1.165, 1.54) is 32.1 Å². The van der Waals surface area contributed by atoms with Crippen molar-refractivity contribution in [1.82, 2.24) is 5.01 Å². The van der Waals surface area contributed by atoms with Crippen LogP contribution in [0.4, 0.5) is 0 Å². The van der Waals surface area contributed by atoms with Crippen molar-refractivity contribution in [2.75, 3.05) is 0 Å². The molecule has 82 valence electrons. The van der Waals surface area contributed by atoms with Crippen molar-refractivity contribution in [1.29, 1.82) is 0 Å². The molecule has 0 unspecified atom stereocenters. The number of unbranched alkanes of at least 4 members (excludes halogenated alkanes) is 3. The van der Waals surface area contributed by atoms with E-state index in [0.717, 1.165) is 6.42 Å². The van der Waals surface area contributed by atoms with Crippen LogP contribution >= 0.6 is 0 Å². The average Bonchev–Trinajstić information content (AvgIpc) is 2.48. The lowest BCUT2D eigenvalue weighted by atomic mass is 10.2. The van der Waals surface area contributed by atoms with E-state index in [4.69, 9.17) is 0 Å². The predicted octanol–water partition coefficient (Wildman–Crippen LogP) is 3.43. The Hall–Kier alpha value is -0.530. The van der Waals surface area contributed by atoms with Gasteiger partial charge in [0.15, 0.2) is 0 Å². The highest BCUT2D eigenvalue weighted by molar-refractivity contribution is 5.56. The molecule has 0 saturated carbocycles. The quantitative estimate of drug-likeness (QED) is 0.486. The Bertz CT molecular complexity index is 167. The van der Waals surface area contributed by atoms with Gasteiger partial charge in [-0.25, -0.2) is 0 Å². The van der Waals surface area contributed by atoms with Crippen LogP contribution in [-0.2, 0) is 0 Å². The van der Waals surface area contributed by atoms with E-state index >= 15 is 0 Å². The molecular weight excluding hydrogens is 172 g/mol. The Kier molecular flexibility index (Phi) is 4.99. The van der Waals surface area contributed by atoms with Crippen molar-refractivity contribution in [3.8, 4) is 0 Å². The van der Waals surface area contributed by atoms with Gasteiger partial charge in [0.2, 0.25) is 0 Å². The van der Waals surface area contributed by atoms with Gasteiger partial charge in [0.1, 0.15) is 0 Å². The number of nitrogens with zero attached hydrogens (tertiary/aromatic N) is 2. The molecule has 0 aromatic rings. The summed E-state index contributed by atoms with van der Waals surface area (Å²) in [5.74, 6) is 0. The number of hydrogen-bond donors (Lipinski definition) is 0. The van der Waals surface area contributed by atoms with Gasteiger partial charge in [-0.2, -0.15) is 5.10 Å². The number of rotatable bonds is 5. The minimum absolute atomic E-state index is 0.646. The topological polar surface area (TPSA) is 15.6 Å². The van der Waals surface area contributed by atoms with Crippen LogP contribution in [0, 0.1) is 0 Å². The third-order valence-electron chi connectivity index (χ3n) is 3.06. The summed E-state index contributed by atoms with van der Waals surface area (Å²) in [5, 5.41) is 6.84. The van der Waals surface area contributed by atoms with Crippen LogP contribution in [0.5, 0.6) is 0 Å². The molecule has 1 rings (SSSR count). The van der Waals surface area contributed by atoms with E-state index < -0.39 is 0 Å². The molecule has 0 aromatic heterocycles. The molecule has 2 atom stereocenters. The van der Waals surface area contributed by atoms with E-state index in [1.54, 1.807) is 0 Å². The van der Waals surface area contributed by atoms with Crippen molar-refractivity contribution < 1.29 is 0 Å². The zero-order chi connectivity index (χ0) is 10.4. The van der Waals surface area contributed by atoms with Crippen molar-refractivity contribution in [3.63, 3.8) is 0 Å². The summed E-state index contributed by atoms with van der Waals surface area (Å²) in [6, 6.07) is 1.29. The van der Waals surface area contributed by atoms with Crippen LogP contribution in [0.2, 0.25) is 0 Å². The Morgan fingerprint density at radius 1 is 1.21 bits per heavy atom. The van der Waals surface area contributed by atoms with Crippen LogP contribution < -0.4 is 0 Å². The SMILES string of the molecule is CCCCC/C=N/N1[C@H](C)CC[C@H]1C. The second kappa shape index (κ2) is 6.05. The summed E-state index contributed by atoms with van der Waals surface area (Å²) in [4.78, 5) is 0. The van der Waals surface area contributed by atoms with E-state index in [0.29, 0.717) is 12.1 Å². The summed E-state index contributed by atoms with van der Waals surface area (Å²) in [6.45, 7) is 6.78. The molecule has 1 saturated heterocycles. The fourth-order valence-corrected chi connectivity index (χ4v) is 2.05. The molecule has 1 heterocycles. The molecule has 1 aliphatic heterocycles. The van der Waals surface area contributed by atoms with Gasteiger partial charge in [0.05, 0.1) is 0 Å². The fraction of sp³-hybridized carbons (Fsp3) is 0.917. The van der Waals surface area contributed by atoms with Gasteiger partial charge in [-0.05, 0) is 39.5 Å². The molecule has 0 aromatic carbocycles. The smallest absolute Gasteiger partial charge is 0.0446 e. The minimum Gasteiger partial charge on any atom is -0.292 e. The minimum atomic E-state index is 0.646.